The largest absolute Gasteiger partial charge is 0.355 e. The number of benzene rings is 8. The van der Waals surface area contributed by atoms with Gasteiger partial charge in [-0.1, -0.05) is 153 Å². The lowest BCUT2D eigenvalue weighted by Gasteiger charge is -2.46. The normalized spacial score (nSPS) is 13.7. The Bertz CT molecular complexity index is 2620. The summed E-state index contributed by atoms with van der Waals surface area (Å²) in [4.78, 5) is 2.56. The van der Waals surface area contributed by atoms with Crippen molar-refractivity contribution in [3.05, 3.63) is 175 Å². The highest BCUT2D eigenvalue weighted by Gasteiger charge is 2.41. The van der Waals surface area contributed by atoms with Crippen LogP contribution in [-0.2, 0) is 5.41 Å². The third-order valence-electron chi connectivity index (χ3n) is 10.8. The highest BCUT2D eigenvalue weighted by molar-refractivity contribution is 6.74. The van der Waals surface area contributed by atoms with E-state index in [1.165, 1.54) is 82.9 Å². The second kappa shape index (κ2) is 11.0. The van der Waals surface area contributed by atoms with E-state index in [1.54, 1.807) is 0 Å². The summed E-state index contributed by atoms with van der Waals surface area (Å²) < 4.78 is 0. The molecule has 2 aliphatic rings. The van der Waals surface area contributed by atoms with Crippen LogP contribution < -0.4 is 21.1 Å². The zero-order chi connectivity index (χ0) is 33.4. The number of hydrogen-bond donors (Lipinski definition) is 1. The van der Waals surface area contributed by atoms with Gasteiger partial charge in [-0.3, -0.25) is 0 Å². The third kappa shape index (κ3) is 4.30. The van der Waals surface area contributed by atoms with Crippen molar-refractivity contribution in [2.45, 2.75) is 19.3 Å². The summed E-state index contributed by atoms with van der Waals surface area (Å²) >= 11 is 0. The Labute approximate surface area is 293 Å². The molecule has 0 fully saturated rings. The van der Waals surface area contributed by atoms with Gasteiger partial charge in [0.15, 0.2) is 7.28 Å². The molecule has 0 bridgehead atoms. The van der Waals surface area contributed by atoms with Gasteiger partial charge in [-0.15, -0.1) is 0 Å². The van der Waals surface area contributed by atoms with Crippen LogP contribution in [0, 0.1) is 0 Å². The van der Waals surface area contributed by atoms with Crippen LogP contribution in [0.25, 0.3) is 43.8 Å². The molecule has 3 heteroatoms. The molecule has 2 nitrogen and oxygen atoms in total. The summed E-state index contributed by atoms with van der Waals surface area (Å²) in [6.45, 7) is 4.73. The van der Waals surface area contributed by atoms with E-state index in [2.05, 4.69) is 195 Å². The summed E-state index contributed by atoms with van der Waals surface area (Å²) in [6.07, 6.45) is 0. The van der Waals surface area contributed by atoms with Crippen LogP contribution >= 0.6 is 0 Å². The summed E-state index contributed by atoms with van der Waals surface area (Å²) in [5.41, 5.74) is 15.8. The van der Waals surface area contributed by atoms with E-state index < -0.39 is 0 Å². The fourth-order valence-corrected chi connectivity index (χ4v) is 8.42. The summed E-state index contributed by atoms with van der Waals surface area (Å²) in [6, 6.07) is 59.7. The molecule has 0 saturated carbocycles. The molecule has 1 N–H and O–H groups in total. The van der Waals surface area contributed by atoms with Crippen molar-refractivity contribution in [1.29, 1.82) is 0 Å². The standard InChI is InChI=1S/C47H34BN2/c1-47(2)38-19-10-11-22-42(38)50-45-36-18-9-7-16-33(36)29-37(44(45)48-40-21-12-20-39(47)46(40)50)43-35-17-8-6-15-32(35)25-28-41(43)49-34-26-23-31(24-27-34)30-13-4-3-5-14-30/h3-29,49H,1-2H3. The van der Waals surface area contributed by atoms with E-state index in [4.69, 9.17) is 0 Å². The molecule has 0 saturated heterocycles. The molecule has 0 spiro atoms. The molecular formula is C47H34BN2. The Morgan fingerprint density at radius 3 is 2.06 bits per heavy atom. The van der Waals surface area contributed by atoms with Crippen LogP contribution in [0.4, 0.5) is 28.4 Å². The second-order valence-corrected chi connectivity index (χ2v) is 14.1. The van der Waals surface area contributed by atoms with Crippen LogP contribution in [0.1, 0.15) is 25.0 Å². The van der Waals surface area contributed by atoms with E-state index in [0.717, 1.165) is 11.4 Å². The SMILES string of the molecule is CC1(C)c2ccccc2N2c3c(cccc31)[B]c1c(-c3c(Nc4ccc(-c5ccccc5)cc4)ccc4ccccc34)cc3ccccc3c12. The van der Waals surface area contributed by atoms with Gasteiger partial charge >= 0.3 is 0 Å². The first-order valence-electron chi connectivity index (χ1n) is 17.4. The fraction of sp³-hybridized carbons (Fsp3) is 0.0638. The summed E-state index contributed by atoms with van der Waals surface area (Å²) in [7, 11) is 2.44. The van der Waals surface area contributed by atoms with E-state index >= 15 is 0 Å². The van der Waals surface area contributed by atoms with E-state index in [9.17, 15) is 0 Å². The van der Waals surface area contributed by atoms with Gasteiger partial charge in [-0.25, -0.2) is 0 Å². The van der Waals surface area contributed by atoms with Gasteiger partial charge in [-0.2, -0.15) is 0 Å². The van der Waals surface area contributed by atoms with Gasteiger partial charge in [0.2, 0.25) is 0 Å². The molecule has 0 atom stereocenters. The van der Waals surface area contributed by atoms with Crippen LogP contribution in [0.15, 0.2) is 164 Å². The molecule has 0 aliphatic carbocycles. The lowest BCUT2D eigenvalue weighted by Crippen LogP contribution is -2.45. The van der Waals surface area contributed by atoms with Crippen molar-refractivity contribution in [2.75, 3.05) is 10.2 Å². The highest BCUT2D eigenvalue weighted by atomic mass is 15.2. The van der Waals surface area contributed by atoms with Crippen molar-refractivity contribution in [3.63, 3.8) is 0 Å². The molecule has 8 aromatic carbocycles. The molecule has 2 aliphatic heterocycles. The zero-order valence-electron chi connectivity index (χ0n) is 28.1. The first-order valence-corrected chi connectivity index (χ1v) is 17.4. The van der Waals surface area contributed by atoms with Crippen molar-refractivity contribution < 1.29 is 0 Å². The Balaban J connectivity index is 1.23. The van der Waals surface area contributed by atoms with E-state index in [0.29, 0.717) is 0 Å². The molecule has 235 valence electrons. The minimum atomic E-state index is -0.125. The molecule has 8 aromatic rings. The first-order chi connectivity index (χ1) is 24.6. The number of nitrogens with one attached hydrogen (secondary N) is 1. The number of anilines is 5. The topological polar surface area (TPSA) is 15.3 Å². The van der Waals surface area contributed by atoms with Gasteiger partial charge in [0.1, 0.15) is 0 Å². The number of rotatable bonds is 4. The number of nitrogens with zero attached hydrogens (tertiary/aromatic N) is 1. The van der Waals surface area contributed by atoms with Gasteiger partial charge in [0, 0.05) is 39.1 Å². The maximum absolute atomic E-state index is 3.86. The Kier molecular flexibility index (Phi) is 6.35. The number of hydrogen-bond acceptors (Lipinski definition) is 2. The highest BCUT2D eigenvalue weighted by Crippen LogP contribution is 2.53. The van der Waals surface area contributed by atoms with Gasteiger partial charge < -0.3 is 10.2 Å². The molecule has 10 rings (SSSR count). The second-order valence-electron chi connectivity index (χ2n) is 14.1. The van der Waals surface area contributed by atoms with Crippen LogP contribution in [0.3, 0.4) is 0 Å². The van der Waals surface area contributed by atoms with E-state index in [1.807, 2.05) is 0 Å². The van der Waals surface area contributed by atoms with Crippen LogP contribution in [-0.4, -0.2) is 7.28 Å². The summed E-state index contributed by atoms with van der Waals surface area (Å²) in [5.74, 6) is 0. The lowest BCUT2D eigenvalue weighted by atomic mass is 9.55. The number of fused-ring (bicyclic) bond motifs is 7. The molecule has 1 radical (unpaired) electrons. The van der Waals surface area contributed by atoms with Crippen LogP contribution in [0.2, 0.25) is 0 Å². The molecule has 0 aromatic heterocycles. The molecular weight excluding hydrogens is 603 g/mol. The predicted molar refractivity (Wildman–Crippen MR) is 214 cm³/mol. The molecule has 0 unspecified atom stereocenters. The van der Waals surface area contributed by atoms with E-state index in [-0.39, 0.29) is 5.41 Å². The summed E-state index contributed by atoms with van der Waals surface area (Å²) in [5, 5.41) is 8.79. The Morgan fingerprint density at radius 2 is 1.22 bits per heavy atom. The molecule has 2 heterocycles. The average Bonchev–Trinajstić information content (AvgIpc) is 3.17. The van der Waals surface area contributed by atoms with Gasteiger partial charge in [0.05, 0.1) is 5.69 Å². The maximum atomic E-state index is 3.86. The quantitative estimate of drug-likeness (QED) is 0.193. The maximum Gasteiger partial charge on any atom is 0.197 e. The minimum absolute atomic E-state index is 0.125. The van der Waals surface area contributed by atoms with Crippen molar-refractivity contribution in [2.24, 2.45) is 0 Å². The monoisotopic (exact) mass is 637 g/mol. The van der Waals surface area contributed by atoms with Crippen molar-refractivity contribution in [3.8, 4) is 22.3 Å². The average molecular weight is 638 g/mol. The lowest BCUT2D eigenvalue weighted by molar-refractivity contribution is 0.632. The minimum Gasteiger partial charge on any atom is -0.355 e. The molecule has 0 amide bonds. The predicted octanol–water partition coefficient (Wildman–Crippen LogP) is 11.1. The van der Waals surface area contributed by atoms with Crippen molar-refractivity contribution >= 4 is 68.2 Å². The third-order valence-corrected chi connectivity index (χ3v) is 10.8. The first kappa shape index (κ1) is 28.9. The number of para-hydroxylation sites is 2. The Hall–Kier alpha value is -6.06. The van der Waals surface area contributed by atoms with Gasteiger partial charge in [0.25, 0.3) is 0 Å². The van der Waals surface area contributed by atoms with Crippen LogP contribution in [0.5, 0.6) is 0 Å². The van der Waals surface area contributed by atoms with Crippen molar-refractivity contribution in [1.82, 2.24) is 0 Å². The molecule has 50 heavy (non-hydrogen) atoms. The smallest absolute Gasteiger partial charge is 0.197 e. The zero-order valence-corrected chi connectivity index (χ0v) is 28.1. The fourth-order valence-electron chi connectivity index (χ4n) is 8.42. The Morgan fingerprint density at radius 1 is 0.540 bits per heavy atom. The van der Waals surface area contributed by atoms with Gasteiger partial charge in [-0.05, 0) is 79.8 Å².